The van der Waals surface area contributed by atoms with Gasteiger partial charge in [-0.15, -0.1) is 40.1 Å². The van der Waals surface area contributed by atoms with Crippen molar-refractivity contribution in [3.63, 3.8) is 0 Å². The molecule has 1 saturated carbocycles. The van der Waals surface area contributed by atoms with Crippen LogP contribution in [0, 0.1) is 5.92 Å². The first kappa shape index (κ1) is 28.8. The van der Waals surface area contributed by atoms with Gasteiger partial charge in [0.25, 0.3) is 0 Å². The summed E-state index contributed by atoms with van der Waals surface area (Å²) in [6, 6.07) is 7.22. The van der Waals surface area contributed by atoms with Crippen molar-refractivity contribution >= 4 is 42.5 Å². The maximum atomic E-state index is 12.4. The van der Waals surface area contributed by atoms with E-state index in [1.54, 1.807) is 29.3 Å². The Morgan fingerprint density at radius 1 is 1.11 bits per heavy atom. The van der Waals surface area contributed by atoms with Gasteiger partial charge >= 0.3 is 6.09 Å². The lowest BCUT2D eigenvalue weighted by Gasteiger charge is -2.35. The number of halogens is 2. The highest BCUT2D eigenvalue weighted by Crippen LogP contribution is 2.40. The SMILES string of the molecule is CC(C)(C)OCCOc1ccc(NCC2CCC3(CC2)CN(c2cccnn2)C(=O)O3)nn1.Cl.Cl. The molecular formula is C23H34Cl2N6O4. The minimum absolute atomic E-state index is 0. The van der Waals surface area contributed by atoms with E-state index in [0.717, 1.165) is 38.0 Å². The fraction of sp³-hybridized carbons (Fsp3) is 0.609. The number of anilines is 2. The molecule has 4 rings (SSSR count). The number of aromatic nitrogens is 4. The summed E-state index contributed by atoms with van der Waals surface area (Å²) in [6.07, 6.45) is 4.85. The number of carbonyl (C=O) groups is 1. The van der Waals surface area contributed by atoms with Crippen LogP contribution in [0.25, 0.3) is 0 Å². The molecule has 0 unspecified atom stereocenters. The fourth-order valence-electron chi connectivity index (χ4n) is 4.14. The summed E-state index contributed by atoms with van der Waals surface area (Å²) < 4.78 is 17.0. The van der Waals surface area contributed by atoms with Gasteiger partial charge in [-0.2, -0.15) is 5.10 Å². The Hall–Kier alpha value is -2.43. The van der Waals surface area contributed by atoms with Crippen molar-refractivity contribution in [2.24, 2.45) is 5.92 Å². The maximum absolute atomic E-state index is 12.4. The summed E-state index contributed by atoms with van der Waals surface area (Å²) in [7, 11) is 0. The van der Waals surface area contributed by atoms with Crippen LogP contribution in [0.15, 0.2) is 30.5 Å². The summed E-state index contributed by atoms with van der Waals surface area (Å²) in [5.74, 6) is 2.21. The van der Waals surface area contributed by atoms with Gasteiger partial charge in [0.15, 0.2) is 5.82 Å². The molecule has 3 heterocycles. The quantitative estimate of drug-likeness (QED) is 0.500. The number of nitrogens with zero attached hydrogens (tertiary/aromatic N) is 5. The smallest absolute Gasteiger partial charge is 0.416 e. The molecule has 1 saturated heterocycles. The van der Waals surface area contributed by atoms with Gasteiger partial charge in [-0.05, 0) is 70.6 Å². The van der Waals surface area contributed by atoms with Crippen LogP contribution in [0.4, 0.5) is 16.4 Å². The summed E-state index contributed by atoms with van der Waals surface area (Å²) in [6.45, 7) is 8.28. The molecule has 194 valence electrons. The van der Waals surface area contributed by atoms with Gasteiger partial charge in [0.05, 0.1) is 18.8 Å². The molecule has 0 aromatic carbocycles. The van der Waals surface area contributed by atoms with Gasteiger partial charge in [-0.3, -0.25) is 4.90 Å². The monoisotopic (exact) mass is 528 g/mol. The van der Waals surface area contributed by atoms with Crippen molar-refractivity contribution in [3.8, 4) is 5.88 Å². The van der Waals surface area contributed by atoms with E-state index in [1.165, 1.54) is 0 Å². The van der Waals surface area contributed by atoms with Gasteiger partial charge in [0.1, 0.15) is 18.0 Å². The number of rotatable bonds is 8. The zero-order valence-corrected chi connectivity index (χ0v) is 21.9. The van der Waals surface area contributed by atoms with Gasteiger partial charge < -0.3 is 19.5 Å². The predicted molar refractivity (Wildman–Crippen MR) is 137 cm³/mol. The Morgan fingerprint density at radius 2 is 1.89 bits per heavy atom. The van der Waals surface area contributed by atoms with E-state index >= 15 is 0 Å². The average Bonchev–Trinajstić information content (AvgIpc) is 3.13. The van der Waals surface area contributed by atoms with Crippen LogP contribution in [-0.4, -0.2) is 64.0 Å². The van der Waals surface area contributed by atoms with Crippen molar-refractivity contribution in [2.45, 2.75) is 57.7 Å². The number of ether oxygens (including phenoxy) is 3. The minimum atomic E-state index is -0.430. The van der Waals surface area contributed by atoms with Gasteiger partial charge in [-0.25, -0.2) is 4.79 Å². The van der Waals surface area contributed by atoms with Crippen molar-refractivity contribution in [1.29, 1.82) is 0 Å². The van der Waals surface area contributed by atoms with Gasteiger partial charge in [-0.1, -0.05) is 0 Å². The Morgan fingerprint density at radius 3 is 2.51 bits per heavy atom. The second-order valence-electron chi connectivity index (χ2n) is 9.61. The molecule has 0 atom stereocenters. The van der Waals surface area contributed by atoms with Crippen molar-refractivity contribution in [3.05, 3.63) is 30.5 Å². The number of nitrogens with one attached hydrogen (secondary N) is 1. The highest BCUT2D eigenvalue weighted by molar-refractivity contribution is 5.89. The maximum Gasteiger partial charge on any atom is 0.416 e. The summed E-state index contributed by atoms with van der Waals surface area (Å²) >= 11 is 0. The standard InChI is InChI=1S/C23H32N6O4.2ClH/c1-22(2,3)32-14-13-31-20-7-6-18(26-28-20)24-15-17-8-10-23(11-9-17)16-29(21(30)33-23)19-5-4-12-25-27-19;;/h4-7,12,17H,8-11,13-16H2,1-3H3,(H,24,26);2*1H. The molecular weight excluding hydrogens is 495 g/mol. The van der Waals surface area contributed by atoms with E-state index in [1.807, 2.05) is 26.8 Å². The number of hydrogen-bond donors (Lipinski definition) is 1. The molecule has 2 aliphatic rings. The zero-order valence-electron chi connectivity index (χ0n) is 20.3. The third-order valence-electron chi connectivity index (χ3n) is 5.90. The first-order valence-corrected chi connectivity index (χ1v) is 11.4. The Bertz CT molecular complexity index is 922. The lowest BCUT2D eigenvalue weighted by Crippen LogP contribution is -2.39. The first-order valence-electron chi connectivity index (χ1n) is 11.4. The van der Waals surface area contributed by atoms with Crippen LogP contribution in [-0.2, 0) is 9.47 Å². The van der Waals surface area contributed by atoms with Crippen molar-refractivity contribution in [1.82, 2.24) is 20.4 Å². The number of amides is 1. The summed E-state index contributed by atoms with van der Waals surface area (Å²) in [5.41, 5.74) is -0.614. The highest BCUT2D eigenvalue weighted by Gasteiger charge is 2.48. The molecule has 12 heteroatoms. The summed E-state index contributed by atoms with van der Waals surface area (Å²) in [4.78, 5) is 14.0. The van der Waals surface area contributed by atoms with E-state index in [0.29, 0.717) is 37.4 Å². The lowest BCUT2D eigenvalue weighted by atomic mass is 9.78. The minimum Gasteiger partial charge on any atom is -0.474 e. The second kappa shape index (κ2) is 12.5. The van der Waals surface area contributed by atoms with Crippen LogP contribution in [0.2, 0.25) is 0 Å². The zero-order chi connectivity index (χ0) is 23.3. The molecule has 1 amide bonds. The van der Waals surface area contributed by atoms with Crippen molar-refractivity contribution in [2.75, 3.05) is 36.5 Å². The average molecular weight is 529 g/mol. The van der Waals surface area contributed by atoms with Gasteiger partial charge in [0, 0.05) is 18.8 Å². The number of hydrogen-bond acceptors (Lipinski definition) is 9. The molecule has 10 nitrogen and oxygen atoms in total. The Labute approximate surface area is 218 Å². The normalized spacial score (nSPS) is 21.6. The topological polar surface area (TPSA) is 112 Å². The molecule has 2 aromatic rings. The molecule has 35 heavy (non-hydrogen) atoms. The molecule has 1 aliphatic heterocycles. The van der Waals surface area contributed by atoms with E-state index in [-0.39, 0.29) is 36.5 Å². The molecule has 2 fully saturated rings. The van der Waals surface area contributed by atoms with Gasteiger partial charge in [0.2, 0.25) is 5.88 Å². The van der Waals surface area contributed by atoms with Crippen LogP contribution in [0.3, 0.4) is 0 Å². The third kappa shape index (κ3) is 8.05. The molecule has 0 radical (unpaired) electrons. The number of carbonyl (C=O) groups excluding carboxylic acids is 1. The molecule has 2 aromatic heterocycles. The fourth-order valence-corrected chi connectivity index (χ4v) is 4.14. The van der Waals surface area contributed by atoms with Crippen LogP contribution in [0.5, 0.6) is 5.88 Å². The molecule has 1 N–H and O–H groups in total. The Balaban J connectivity index is 0.00000216. The predicted octanol–water partition coefficient (Wildman–Crippen LogP) is 4.30. The van der Waals surface area contributed by atoms with Crippen LogP contribution >= 0.6 is 24.8 Å². The van der Waals surface area contributed by atoms with E-state index in [2.05, 4.69) is 25.7 Å². The lowest BCUT2D eigenvalue weighted by molar-refractivity contribution is -0.0169. The van der Waals surface area contributed by atoms with Crippen molar-refractivity contribution < 1.29 is 19.0 Å². The first-order chi connectivity index (χ1) is 15.8. The van der Waals surface area contributed by atoms with E-state index in [9.17, 15) is 4.79 Å². The second-order valence-corrected chi connectivity index (χ2v) is 9.61. The molecule has 1 aliphatic carbocycles. The highest BCUT2D eigenvalue weighted by atomic mass is 35.5. The molecule has 0 bridgehead atoms. The Kier molecular flexibility index (Phi) is 10.3. The van der Waals surface area contributed by atoms with Crippen LogP contribution in [0.1, 0.15) is 46.5 Å². The third-order valence-corrected chi connectivity index (χ3v) is 5.90. The van der Waals surface area contributed by atoms with E-state index < -0.39 is 5.60 Å². The van der Waals surface area contributed by atoms with E-state index in [4.69, 9.17) is 14.2 Å². The summed E-state index contributed by atoms with van der Waals surface area (Å²) in [5, 5.41) is 19.6. The van der Waals surface area contributed by atoms with Crippen LogP contribution < -0.4 is 15.0 Å². The molecule has 1 spiro atoms. The largest absolute Gasteiger partial charge is 0.474 e.